The molecule has 0 unspecified atom stereocenters. The minimum absolute atomic E-state index is 0.0352. The quantitative estimate of drug-likeness (QED) is 0.551. The maximum absolute atomic E-state index is 12.0. The molecular weight excluding hydrogens is 384 g/mol. The number of hydrogen-bond acceptors (Lipinski definition) is 8. The van der Waals surface area contributed by atoms with E-state index in [4.69, 9.17) is 0 Å². The van der Waals surface area contributed by atoms with Crippen molar-refractivity contribution in [3.05, 3.63) is 42.7 Å². The SMILES string of the molecule is CCCNC(=O)CCCC(=O)Nc1ccc(-c2nnc(-c3ccccn3)nn2)nc1. The lowest BCUT2D eigenvalue weighted by atomic mass is 10.2. The summed E-state index contributed by atoms with van der Waals surface area (Å²) in [5.74, 6) is 0.386. The lowest BCUT2D eigenvalue weighted by molar-refractivity contribution is -0.121. The van der Waals surface area contributed by atoms with E-state index in [9.17, 15) is 9.59 Å². The Labute approximate surface area is 173 Å². The van der Waals surface area contributed by atoms with Gasteiger partial charge in [-0.2, -0.15) is 0 Å². The van der Waals surface area contributed by atoms with Gasteiger partial charge in [-0.1, -0.05) is 13.0 Å². The van der Waals surface area contributed by atoms with Crippen LogP contribution in [0.1, 0.15) is 32.6 Å². The first-order valence-corrected chi connectivity index (χ1v) is 9.67. The molecule has 154 valence electrons. The third kappa shape index (κ3) is 6.09. The summed E-state index contributed by atoms with van der Waals surface area (Å²) in [5, 5.41) is 21.7. The smallest absolute Gasteiger partial charge is 0.224 e. The molecule has 3 aromatic rings. The predicted molar refractivity (Wildman–Crippen MR) is 110 cm³/mol. The van der Waals surface area contributed by atoms with Crippen molar-refractivity contribution in [2.24, 2.45) is 0 Å². The molecule has 0 bridgehead atoms. The highest BCUT2D eigenvalue weighted by Gasteiger charge is 2.09. The van der Waals surface area contributed by atoms with Crippen LogP contribution >= 0.6 is 0 Å². The zero-order valence-corrected chi connectivity index (χ0v) is 16.6. The molecule has 0 saturated carbocycles. The van der Waals surface area contributed by atoms with Gasteiger partial charge in [0.15, 0.2) is 0 Å². The van der Waals surface area contributed by atoms with Crippen LogP contribution in [0.2, 0.25) is 0 Å². The average Bonchev–Trinajstić information content (AvgIpc) is 2.79. The van der Waals surface area contributed by atoms with E-state index in [2.05, 4.69) is 41.0 Å². The van der Waals surface area contributed by atoms with Gasteiger partial charge in [-0.05, 0) is 37.1 Å². The number of aromatic nitrogens is 6. The van der Waals surface area contributed by atoms with Gasteiger partial charge in [0, 0.05) is 25.6 Å². The Balaban J connectivity index is 1.51. The summed E-state index contributed by atoms with van der Waals surface area (Å²) < 4.78 is 0. The van der Waals surface area contributed by atoms with E-state index < -0.39 is 0 Å². The summed E-state index contributed by atoms with van der Waals surface area (Å²) in [6, 6.07) is 8.77. The van der Waals surface area contributed by atoms with Crippen LogP contribution in [0.15, 0.2) is 42.7 Å². The van der Waals surface area contributed by atoms with Gasteiger partial charge in [0.2, 0.25) is 23.5 Å². The first-order chi connectivity index (χ1) is 14.7. The van der Waals surface area contributed by atoms with Crippen molar-refractivity contribution in [3.8, 4) is 23.0 Å². The first-order valence-electron chi connectivity index (χ1n) is 9.67. The van der Waals surface area contributed by atoms with Crippen molar-refractivity contribution in [3.63, 3.8) is 0 Å². The molecule has 0 spiro atoms. The molecule has 0 atom stereocenters. The third-order valence-electron chi connectivity index (χ3n) is 4.03. The molecule has 2 N–H and O–H groups in total. The molecule has 3 aromatic heterocycles. The number of nitrogens with one attached hydrogen (secondary N) is 2. The molecule has 10 heteroatoms. The predicted octanol–water partition coefficient (Wildman–Crippen LogP) is 2.03. The molecule has 0 aliphatic heterocycles. The Kier molecular flexibility index (Phi) is 7.42. The number of rotatable bonds is 9. The molecule has 0 aliphatic rings. The highest BCUT2D eigenvalue weighted by atomic mass is 16.2. The standard InChI is InChI=1S/C20H22N8O2/c1-2-11-22-17(29)7-5-8-18(30)24-14-9-10-16(23-13-14)20-27-25-19(26-28-20)15-6-3-4-12-21-15/h3-4,6,9-10,12-13H,2,5,7-8,11H2,1H3,(H,22,29)(H,24,30). The van der Waals surface area contributed by atoms with Crippen LogP contribution in [-0.2, 0) is 9.59 Å². The molecule has 3 heterocycles. The molecule has 0 radical (unpaired) electrons. The van der Waals surface area contributed by atoms with Gasteiger partial charge in [-0.15, -0.1) is 20.4 Å². The van der Waals surface area contributed by atoms with E-state index in [0.29, 0.717) is 42.3 Å². The van der Waals surface area contributed by atoms with Crippen LogP contribution in [-0.4, -0.2) is 48.7 Å². The fourth-order valence-corrected chi connectivity index (χ4v) is 2.52. The Bertz CT molecular complexity index is 962. The van der Waals surface area contributed by atoms with E-state index >= 15 is 0 Å². The minimum Gasteiger partial charge on any atom is -0.356 e. The molecule has 0 fully saturated rings. The maximum Gasteiger partial charge on any atom is 0.224 e. The van der Waals surface area contributed by atoms with Crippen molar-refractivity contribution in [1.82, 2.24) is 35.7 Å². The van der Waals surface area contributed by atoms with Crippen molar-refractivity contribution >= 4 is 17.5 Å². The average molecular weight is 406 g/mol. The molecule has 0 aliphatic carbocycles. The lowest BCUT2D eigenvalue weighted by Crippen LogP contribution is -2.24. The van der Waals surface area contributed by atoms with Crippen LogP contribution in [0, 0.1) is 0 Å². The Morgan fingerprint density at radius 1 is 0.867 bits per heavy atom. The number of nitrogens with zero attached hydrogens (tertiary/aromatic N) is 6. The van der Waals surface area contributed by atoms with Gasteiger partial charge in [0.25, 0.3) is 0 Å². The van der Waals surface area contributed by atoms with E-state index in [1.54, 1.807) is 30.5 Å². The Hall–Kier alpha value is -3.82. The largest absolute Gasteiger partial charge is 0.356 e. The summed E-state index contributed by atoms with van der Waals surface area (Å²) in [4.78, 5) is 31.9. The monoisotopic (exact) mass is 406 g/mol. The number of hydrogen-bond donors (Lipinski definition) is 2. The van der Waals surface area contributed by atoms with Crippen molar-refractivity contribution in [2.45, 2.75) is 32.6 Å². The molecular formula is C20H22N8O2. The summed E-state index contributed by atoms with van der Waals surface area (Å²) in [6.07, 6.45) is 5.12. The van der Waals surface area contributed by atoms with Gasteiger partial charge in [0.1, 0.15) is 11.4 Å². The van der Waals surface area contributed by atoms with Gasteiger partial charge in [0.05, 0.1) is 11.9 Å². The number of anilines is 1. The molecule has 3 rings (SSSR count). The van der Waals surface area contributed by atoms with E-state index in [1.807, 2.05) is 13.0 Å². The van der Waals surface area contributed by atoms with E-state index in [1.165, 1.54) is 6.20 Å². The van der Waals surface area contributed by atoms with Gasteiger partial charge < -0.3 is 10.6 Å². The number of carbonyl (C=O) groups excluding carboxylic acids is 2. The van der Waals surface area contributed by atoms with Crippen LogP contribution in [0.3, 0.4) is 0 Å². The van der Waals surface area contributed by atoms with Crippen LogP contribution in [0.4, 0.5) is 5.69 Å². The number of amides is 2. The normalized spacial score (nSPS) is 10.4. The minimum atomic E-state index is -0.174. The fraction of sp³-hybridized carbons (Fsp3) is 0.300. The topological polar surface area (TPSA) is 136 Å². The maximum atomic E-state index is 12.0. The van der Waals surface area contributed by atoms with Gasteiger partial charge >= 0.3 is 0 Å². The molecule has 0 aromatic carbocycles. The third-order valence-corrected chi connectivity index (χ3v) is 4.03. The first kappa shape index (κ1) is 20.9. The second-order valence-electron chi connectivity index (χ2n) is 6.45. The lowest BCUT2D eigenvalue weighted by Gasteiger charge is -2.06. The van der Waals surface area contributed by atoms with E-state index in [-0.39, 0.29) is 24.1 Å². The summed E-state index contributed by atoms with van der Waals surface area (Å²) >= 11 is 0. The van der Waals surface area contributed by atoms with Gasteiger partial charge in [-0.3, -0.25) is 19.6 Å². The molecule has 2 amide bonds. The molecule has 10 nitrogen and oxygen atoms in total. The zero-order valence-electron chi connectivity index (χ0n) is 16.6. The van der Waals surface area contributed by atoms with E-state index in [0.717, 1.165) is 6.42 Å². The molecule has 30 heavy (non-hydrogen) atoms. The summed E-state index contributed by atoms with van der Waals surface area (Å²) in [7, 11) is 0. The van der Waals surface area contributed by atoms with Crippen LogP contribution < -0.4 is 10.6 Å². The summed E-state index contributed by atoms with van der Waals surface area (Å²) in [5.41, 5.74) is 1.61. The number of carbonyl (C=O) groups is 2. The highest BCUT2D eigenvalue weighted by Crippen LogP contribution is 2.15. The van der Waals surface area contributed by atoms with Crippen LogP contribution in [0.5, 0.6) is 0 Å². The van der Waals surface area contributed by atoms with Crippen molar-refractivity contribution in [2.75, 3.05) is 11.9 Å². The second kappa shape index (κ2) is 10.6. The summed E-state index contributed by atoms with van der Waals surface area (Å²) in [6.45, 7) is 2.65. The fourth-order valence-electron chi connectivity index (χ4n) is 2.52. The van der Waals surface area contributed by atoms with Crippen molar-refractivity contribution < 1.29 is 9.59 Å². The second-order valence-corrected chi connectivity index (χ2v) is 6.45. The Morgan fingerprint density at radius 2 is 1.57 bits per heavy atom. The zero-order chi connectivity index (χ0) is 21.2. The number of pyridine rings is 2. The van der Waals surface area contributed by atoms with Gasteiger partial charge in [-0.25, -0.2) is 0 Å². The van der Waals surface area contributed by atoms with Crippen LogP contribution in [0.25, 0.3) is 23.0 Å². The molecule has 0 saturated heterocycles. The van der Waals surface area contributed by atoms with Crippen molar-refractivity contribution in [1.29, 1.82) is 0 Å². The highest BCUT2D eigenvalue weighted by molar-refractivity contribution is 5.90. The Morgan fingerprint density at radius 3 is 2.17 bits per heavy atom.